The molecule has 1 saturated carbocycles. The number of amides is 2. The summed E-state index contributed by atoms with van der Waals surface area (Å²) in [6.07, 6.45) is 5.49. The van der Waals surface area contributed by atoms with Crippen molar-refractivity contribution in [1.29, 1.82) is 0 Å². The summed E-state index contributed by atoms with van der Waals surface area (Å²) in [5.41, 5.74) is 6.71. The molecule has 4 rings (SSSR count). The number of likely N-dealkylation sites (tertiary alicyclic amines) is 1. The third-order valence-corrected chi connectivity index (χ3v) is 5.85. The summed E-state index contributed by atoms with van der Waals surface area (Å²) in [6, 6.07) is 0. The number of nitrogens with zero attached hydrogens (tertiary/aromatic N) is 3. The first-order valence-corrected chi connectivity index (χ1v) is 9.90. The van der Waals surface area contributed by atoms with E-state index in [4.69, 9.17) is 5.73 Å². The Balaban J connectivity index is 1.45. The van der Waals surface area contributed by atoms with Crippen LogP contribution in [0.1, 0.15) is 42.8 Å². The van der Waals surface area contributed by atoms with Crippen LogP contribution in [0.5, 0.6) is 0 Å². The van der Waals surface area contributed by atoms with Crippen LogP contribution in [-0.2, 0) is 29.0 Å². The Kier molecular flexibility index (Phi) is 4.99. The molecule has 3 aliphatic rings. The highest BCUT2D eigenvalue weighted by Gasteiger charge is 2.32. The van der Waals surface area contributed by atoms with Gasteiger partial charge in [-0.25, -0.2) is 4.98 Å². The number of piperidine rings is 1. The van der Waals surface area contributed by atoms with E-state index in [0.29, 0.717) is 32.0 Å². The summed E-state index contributed by atoms with van der Waals surface area (Å²) in [6.45, 7) is 2.53. The topological polar surface area (TPSA) is 112 Å². The van der Waals surface area contributed by atoms with Gasteiger partial charge in [0.1, 0.15) is 5.82 Å². The number of nitrogens with one attached hydrogen (secondary N) is 1. The van der Waals surface area contributed by atoms with Gasteiger partial charge in [-0.05, 0) is 44.6 Å². The lowest BCUT2D eigenvalue weighted by molar-refractivity contribution is -0.139. The second kappa shape index (κ2) is 7.42. The molecule has 3 N–H and O–H groups in total. The Morgan fingerprint density at radius 2 is 2.04 bits per heavy atom. The zero-order valence-corrected chi connectivity index (χ0v) is 15.6. The number of nitrogens with two attached hydrogens (primary N) is 1. The van der Waals surface area contributed by atoms with Gasteiger partial charge in [0.2, 0.25) is 11.8 Å². The summed E-state index contributed by atoms with van der Waals surface area (Å²) in [4.78, 5) is 47.9. The molecule has 1 aromatic rings. The first kappa shape index (κ1) is 18.2. The molecule has 1 aliphatic carbocycles. The lowest BCUT2D eigenvalue weighted by atomic mass is 9.95. The van der Waals surface area contributed by atoms with Gasteiger partial charge in [-0.2, -0.15) is 0 Å². The van der Waals surface area contributed by atoms with Crippen LogP contribution in [0.4, 0.5) is 0 Å². The second-order valence-electron chi connectivity index (χ2n) is 8.14. The molecule has 27 heavy (non-hydrogen) atoms. The lowest BCUT2D eigenvalue weighted by Gasteiger charge is -2.35. The SMILES string of the molecule is NC(=O)CN1CCC[C@H](C(=O)N2CCc3c(nc(CC4CC4)[nH]c3=O)C2)C1. The molecule has 8 nitrogen and oxygen atoms in total. The van der Waals surface area contributed by atoms with Crippen LogP contribution in [-0.4, -0.2) is 57.8 Å². The molecular formula is C19H27N5O3. The van der Waals surface area contributed by atoms with Crippen LogP contribution in [0, 0.1) is 11.8 Å². The van der Waals surface area contributed by atoms with E-state index in [0.717, 1.165) is 42.9 Å². The number of carbonyl (C=O) groups excluding carboxylic acids is 2. The van der Waals surface area contributed by atoms with Gasteiger partial charge >= 0.3 is 0 Å². The lowest BCUT2D eigenvalue weighted by Crippen LogP contribution is -2.48. The number of rotatable bonds is 5. The molecule has 0 bridgehead atoms. The van der Waals surface area contributed by atoms with Crippen molar-refractivity contribution in [1.82, 2.24) is 19.8 Å². The highest BCUT2D eigenvalue weighted by atomic mass is 16.2. The molecular weight excluding hydrogens is 346 g/mol. The fourth-order valence-electron chi connectivity index (χ4n) is 4.25. The average molecular weight is 373 g/mol. The summed E-state index contributed by atoms with van der Waals surface area (Å²) in [7, 11) is 0. The molecule has 0 radical (unpaired) electrons. The highest BCUT2D eigenvalue weighted by molar-refractivity contribution is 5.80. The van der Waals surface area contributed by atoms with E-state index < -0.39 is 0 Å². The molecule has 2 aliphatic heterocycles. The number of H-pyrrole nitrogens is 1. The van der Waals surface area contributed by atoms with Crippen LogP contribution in [0.2, 0.25) is 0 Å². The standard InChI is InChI=1S/C19H27N5O3/c20-16(25)11-23-6-1-2-13(9-23)19(27)24-7-5-14-15(10-24)21-17(22-18(14)26)8-12-3-4-12/h12-13H,1-11H2,(H2,20,25)(H,21,22,26)/t13-/m0/s1. The largest absolute Gasteiger partial charge is 0.369 e. The molecule has 146 valence electrons. The first-order valence-electron chi connectivity index (χ1n) is 9.90. The van der Waals surface area contributed by atoms with Gasteiger partial charge in [-0.1, -0.05) is 0 Å². The minimum atomic E-state index is -0.360. The van der Waals surface area contributed by atoms with Gasteiger partial charge in [0.05, 0.1) is 24.7 Å². The molecule has 8 heteroatoms. The Morgan fingerprint density at radius 1 is 1.22 bits per heavy atom. The number of hydrogen-bond donors (Lipinski definition) is 2. The number of aromatic nitrogens is 2. The molecule has 1 saturated heterocycles. The number of hydrogen-bond acceptors (Lipinski definition) is 5. The van der Waals surface area contributed by atoms with E-state index in [2.05, 4.69) is 9.97 Å². The van der Waals surface area contributed by atoms with Crippen LogP contribution in [0.15, 0.2) is 4.79 Å². The molecule has 0 spiro atoms. The molecule has 1 aromatic heterocycles. The number of carbonyl (C=O) groups is 2. The van der Waals surface area contributed by atoms with E-state index >= 15 is 0 Å². The van der Waals surface area contributed by atoms with Crippen molar-refractivity contribution in [2.45, 2.75) is 45.1 Å². The highest BCUT2D eigenvalue weighted by Crippen LogP contribution is 2.31. The molecule has 2 fully saturated rings. The van der Waals surface area contributed by atoms with Gasteiger partial charge in [0.25, 0.3) is 5.56 Å². The van der Waals surface area contributed by atoms with Crippen molar-refractivity contribution in [3.8, 4) is 0 Å². The molecule has 0 unspecified atom stereocenters. The minimum absolute atomic E-state index is 0.0481. The zero-order chi connectivity index (χ0) is 19.0. The maximum absolute atomic E-state index is 13.0. The van der Waals surface area contributed by atoms with E-state index in [9.17, 15) is 14.4 Å². The fraction of sp³-hybridized carbons (Fsp3) is 0.684. The molecule has 3 heterocycles. The maximum atomic E-state index is 13.0. The van der Waals surface area contributed by atoms with Gasteiger partial charge in [-0.3, -0.25) is 19.3 Å². The van der Waals surface area contributed by atoms with Crippen LogP contribution >= 0.6 is 0 Å². The van der Waals surface area contributed by atoms with Gasteiger partial charge in [0, 0.05) is 25.1 Å². The van der Waals surface area contributed by atoms with Crippen LogP contribution in [0.3, 0.4) is 0 Å². The van der Waals surface area contributed by atoms with Crippen molar-refractivity contribution < 1.29 is 9.59 Å². The third-order valence-electron chi connectivity index (χ3n) is 5.85. The quantitative estimate of drug-likeness (QED) is 0.743. The van der Waals surface area contributed by atoms with Crippen molar-refractivity contribution in [2.75, 3.05) is 26.2 Å². The van der Waals surface area contributed by atoms with Crippen LogP contribution < -0.4 is 11.3 Å². The van der Waals surface area contributed by atoms with Gasteiger partial charge in [0.15, 0.2) is 0 Å². The summed E-state index contributed by atoms with van der Waals surface area (Å²) >= 11 is 0. The van der Waals surface area contributed by atoms with Gasteiger partial charge in [-0.15, -0.1) is 0 Å². The van der Waals surface area contributed by atoms with Crippen molar-refractivity contribution in [3.63, 3.8) is 0 Å². The number of aromatic amines is 1. The fourth-order valence-corrected chi connectivity index (χ4v) is 4.25. The molecule has 2 amide bonds. The summed E-state index contributed by atoms with van der Waals surface area (Å²) < 4.78 is 0. The van der Waals surface area contributed by atoms with E-state index in [1.165, 1.54) is 12.8 Å². The zero-order valence-electron chi connectivity index (χ0n) is 15.6. The third kappa shape index (κ3) is 4.21. The second-order valence-corrected chi connectivity index (χ2v) is 8.14. The van der Waals surface area contributed by atoms with Crippen LogP contribution in [0.25, 0.3) is 0 Å². The average Bonchev–Trinajstić information content (AvgIpc) is 3.44. The minimum Gasteiger partial charge on any atom is -0.369 e. The maximum Gasteiger partial charge on any atom is 0.254 e. The molecule has 1 atom stereocenters. The summed E-state index contributed by atoms with van der Waals surface area (Å²) in [5, 5.41) is 0. The van der Waals surface area contributed by atoms with Crippen molar-refractivity contribution in [3.05, 3.63) is 27.4 Å². The predicted molar refractivity (Wildman–Crippen MR) is 98.8 cm³/mol. The normalized spacial score (nSPS) is 23.1. The first-order chi connectivity index (χ1) is 13.0. The monoisotopic (exact) mass is 373 g/mol. The van der Waals surface area contributed by atoms with Gasteiger partial charge < -0.3 is 15.6 Å². The Bertz CT molecular complexity index is 801. The van der Waals surface area contributed by atoms with E-state index in [1.807, 2.05) is 9.80 Å². The summed E-state index contributed by atoms with van der Waals surface area (Å²) in [5.74, 6) is 1.02. The Hall–Kier alpha value is -2.22. The van der Waals surface area contributed by atoms with Crippen molar-refractivity contribution in [2.24, 2.45) is 17.6 Å². The molecule has 0 aromatic carbocycles. The van der Waals surface area contributed by atoms with E-state index in [1.54, 1.807) is 0 Å². The number of primary amides is 1. The smallest absolute Gasteiger partial charge is 0.254 e. The Morgan fingerprint density at radius 3 is 2.78 bits per heavy atom. The predicted octanol–water partition coefficient (Wildman–Crippen LogP) is -0.196. The number of fused-ring (bicyclic) bond motifs is 1. The Labute approximate surface area is 158 Å². The van der Waals surface area contributed by atoms with E-state index in [-0.39, 0.29) is 29.8 Å². The van der Waals surface area contributed by atoms with Crippen molar-refractivity contribution >= 4 is 11.8 Å².